The van der Waals surface area contributed by atoms with Crippen molar-refractivity contribution in [2.24, 2.45) is 0 Å². The van der Waals surface area contributed by atoms with Crippen LogP contribution in [0.5, 0.6) is 0 Å². The fourth-order valence-electron chi connectivity index (χ4n) is 3.13. The smallest absolute Gasteiger partial charge is 0.264 e. The molecule has 1 N–H and O–H groups in total. The number of benzene rings is 2. The molecule has 0 aliphatic rings. The van der Waals surface area contributed by atoms with E-state index in [1.54, 1.807) is 35.4 Å². The number of hydrogen-bond donors (Lipinski definition) is 1. The maximum atomic E-state index is 14.1. The standard InChI is InChI=1S/C20H21ClFN3O3S/c1-3-24(4-2)19(26)13-25-11-10-14-12-15(8-9-17(14)25)23-29(27,28)18-7-5-6-16(21)20(18)22/h5-12,23H,3-4,13H2,1-2H3. The van der Waals surface area contributed by atoms with Gasteiger partial charge in [0.15, 0.2) is 5.82 Å². The van der Waals surface area contributed by atoms with E-state index in [9.17, 15) is 17.6 Å². The van der Waals surface area contributed by atoms with Crippen molar-refractivity contribution in [3.05, 3.63) is 59.5 Å². The lowest BCUT2D eigenvalue weighted by Gasteiger charge is -2.19. The number of hydrogen-bond acceptors (Lipinski definition) is 3. The number of sulfonamides is 1. The molecule has 0 saturated carbocycles. The van der Waals surface area contributed by atoms with E-state index in [0.29, 0.717) is 13.1 Å². The predicted molar refractivity (Wildman–Crippen MR) is 112 cm³/mol. The van der Waals surface area contributed by atoms with E-state index < -0.39 is 20.7 Å². The van der Waals surface area contributed by atoms with E-state index in [-0.39, 0.29) is 23.2 Å². The van der Waals surface area contributed by atoms with Crippen LogP contribution in [-0.4, -0.2) is 36.9 Å². The van der Waals surface area contributed by atoms with Gasteiger partial charge < -0.3 is 9.47 Å². The minimum absolute atomic E-state index is 0.00807. The van der Waals surface area contributed by atoms with Crippen molar-refractivity contribution >= 4 is 44.1 Å². The maximum Gasteiger partial charge on any atom is 0.264 e. The van der Waals surface area contributed by atoms with Crippen LogP contribution in [0.15, 0.2) is 53.6 Å². The van der Waals surface area contributed by atoms with Gasteiger partial charge in [-0.1, -0.05) is 17.7 Å². The Bertz CT molecular complexity index is 1160. The number of likely N-dealkylation sites (N-methyl/N-ethyl adjacent to an activating group) is 1. The Kier molecular flexibility index (Phi) is 6.14. The molecule has 3 aromatic rings. The average Bonchev–Trinajstić information content (AvgIpc) is 3.06. The molecule has 0 saturated heterocycles. The highest BCUT2D eigenvalue weighted by atomic mass is 35.5. The van der Waals surface area contributed by atoms with Gasteiger partial charge in [-0.15, -0.1) is 0 Å². The Hall–Kier alpha value is -2.58. The number of aromatic nitrogens is 1. The van der Waals surface area contributed by atoms with Crippen LogP contribution in [0, 0.1) is 5.82 Å². The van der Waals surface area contributed by atoms with Crippen molar-refractivity contribution in [3.8, 4) is 0 Å². The van der Waals surface area contributed by atoms with E-state index >= 15 is 0 Å². The van der Waals surface area contributed by atoms with E-state index in [1.165, 1.54) is 12.1 Å². The fraction of sp³-hybridized carbons (Fsp3) is 0.250. The summed E-state index contributed by atoms with van der Waals surface area (Å²) in [4.78, 5) is 13.6. The molecule has 29 heavy (non-hydrogen) atoms. The van der Waals surface area contributed by atoms with Crippen LogP contribution in [0.1, 0.15) is 13.8 Å². The summed E-state index contributed by atoms with van der Waals surface area (Å²) in [6.45, 7) is 5.33. The van der Waals surface area contributed by atoms with Gasteiger partial charge in [-0.2, -0.15) is 0 Å². The summed E-state index contributed by atoms with van der Waals surface area (Å²) in [6, 6.07) is 10.5. The Morgan fingerprint density at radius 3 is 2.59 bits per heavy atom. The second-order valence-electron chi connectivity index (χ2n) is 6.44. The molecule has 6 nitrogen and oxygen atoms in total. The zero-order valence-electron chi connectivity index (χ0n) is 16.0. The molecule has 154 valence electrons. The van der Waals surface area contributed by atoms with Crippen LogP contribution in [0.4, 0.5) is 10.1 Å². The minimum Gasteiger partial charge on any atom is -0.342 e. The van der Waals surface area contributed by atoms with Gasteiger partial charge in [0.1, 0.15) is 11.4 Å². The van der Waals surface area contributed by atoms with Crippen molar-refractivity contribution in [3.63, 3.8) is 0 Å². The molecule has 0 unspecified atom stereocenters. The molecule has 1 amide bonds. The zero-order chi connectivity index (χ0) is 21.2. The van der Waals surface area contributed by atoms with Crippen LogP contribution >= 0.6 is 11.6 Å². The first-order valence-corrected chi connectivity index (χ1v) is 11.0. The molecular formula is C20H21ClFN3O3S. The first kappa shape index (κ1) is 21.1. The van der Waals surface area contributed by atoms with Crippen molar-refractivity contribution in [2.45, 2.75) is 25.3 Å². The van der Waals surface area contributed by atoms with Crippen LogP contribution < -0.4 is 4.72 Å². The summed E-state index contributed by atoms with van der Waals surface area (Å²) in [7, 11) is -4.14. The second kappa shape index (κ2) is 8.42. The van der Waals surface area contributed by atoms with E-state index in [4.69, 9.17) is 11.6 Å². The first-order valence-electron chi connectivity index (χ1n) is 9.10. The lowest BCUT2D eigenvalue weighted by Crippen LogP contribution is -2.33. The average molecular weight is 438 g/mol. The van der Waals surface area contributed by atoms with Gasteiger partial charge in [-0.3, -0.25) is 9.52 Å². The Labute approximate surface area is 173 Å². The summed E-state index contributed by atoms with van der Waals surface area (Å²) in [5.74, 6) is -0.988. The van der Waals surface area contributed by atoms with E-state index in [0.717, 1.165) is 17.0 Å². The molecule has 0 atom stereocenters. The van der Waals surface area contributed by atoms with Gasteiger partial charge in [0, 0.05) is 35.9 Å². The Balaban J connectivity index is 1.86. The molecular weight excluding hydrogens is 417 g/mol. The third kappa shape index (κ3) is 4.38. The number of amides is 1. The van der Waals surface area contributed by atoms with Gasteiger partial charge in [-0.05, 0) is 50.2 Å². The highest BCUT2D eigenvalue weighted by Gasteiger charge is 2.21. The molecule has 0 aliphatic carbocycles. The topological polar surface area (TPSA) is 71.4 Å². The molecule has 2 aromatic carbocycles. The summed E-state index contributed by atoms with van der Waals surface area (Å²) >= 11 is 5.69. The Morgan fingerprint density at radius 1 is 1.17 bits per heavy atom. The normalized spacial score (nSPS) is 11.6. The van der Waals surface area contributed by atoms with E-state index in [2.05, 4.69) is 4.72 Å². The Morgan fingerprint density at radius 2 is 1.90 bits per heavy atom. The zero-order valence-corrected chi connectivity index (χ0v) is 17.6. The van der Waals surface area contributed by atoms with Crippen LogP contribution in [0.25, 0.3) is 10.9 Å². The lowest BCUT2D eigenvalue weighted by atomic mass is 10.2. The molecule has 1 aromatic heterocycles. The number of carbonyl (C=O) groups excluding carboxylic acids is 1. The predicted octanol–water partition coefficient (Wildman–Crippen LogP) is 4.10. The number of anilines is 1. The molecule has 0 fully saturated rings. The molecule has 0 bridgehead atoms. The molecule has 3 rings (SSSR count). The van der Waals surface area contributed by atoms with Crippen molar-refractivity contribution in [1.82, 2.24) is 9.47 Å². The lowest BCUT2D eigenvalue weighted by molar-refractivity contribution is -0.131. The fourth-order valence-corrected chi connectivity index (χ4v) is 4.51. The van der Waals surface area contributed by atoms with Crippen molar-refractivity contribution < 1.29 is 17.6 Å². The summed E-state index contributed by atoms with van der Waals surface area (Å²) in [6.07, 6.45) is 1.78. The quantitative estimate of drug-likeness (QED) is 0.604. The number of nitrogens with one attached hydrogen (secondary N) is 1. The largest absolute Gasteiger partial charge is 0.342 e. The van der Waals surface area contributed by atoms with Gasteiger partial charge >= 0.3 is 0 Å². The third-order valence-electron chi connectivity index (χ3n) is 4.65. The van der Waals surface area contributed by atoms with Gasteiger partial charge in [0.05, 0.1) is 5.02 Å². The van der Waals surface area contributed by atoms with Crippen LogP contribution in [-0.2, 0) is 21.4 Å². The molecule has 0 radical (unpaired) electrons. The number of rotatable bonds is 7. The first-order chi connectivity index (χ1) is 13.8. The summed E-state index contributed by atoms with van der Waals surface area (Å²) in [5, 5.41) is 0.488. The number of fused-ring (bicyclic) bond motifs is 1. The third-order valence-corrected chi connectivity index (χ3v) is 6.34. The van der Waals surface area contributed by atoms with Gasteiger partial charge in [0.25, 0.3) is 10.0 Å². The summed E-state index contributed by atoms with van der Waals surface area (Å²) < 4.78 is 43.4. The highest BCUT2D eigenvalue weighted by Crippen LogP contribution is 2.26. The van der Waals surface area contributed by atoms with Crippen LogP contribution in [0.3, 0.4) is 0 Å². The number of nitrogens with zero attached hydrogens (tertiary/aromatic N) is 2. The summed E-state index contributed by atoms with van der Waals surface area (Å²) in [5.41, 5.74) is 1.08. The number of carbonyl (C=O) groups is 1. The SMILES string of the molecule is CCN(CC)C(=O)Cn1ccc2cc(NS(=O)(=O)c3cccc(Cl)c3F)ccc21. The molecule has 9 heteroatoms. The number of halogens is 2. The van der Waals surface area contributed by atoms with Gasteiger partial charge in [-0.25, -0.2) is 12.8 Å². The van der Waals surface area contributed by atoms with Crippen molar-refractivity contribution in [2.75, 3.05) is 17.8 Å². The highest BCUT2D eigenvalue weighted by molar-refractivity contribution is 7.92. The molecule has 0 aliphatic heterocycles. The molecule has 1 heterocycles. The van der Waals surface area contributed by atoms with Crippen LogP contribution in [0.2, 0.25) is 5.02 Å². The molecule has 0 spiro atoms. The van der Waals surface area contributed by atoms with Crippen molar-refractivity contribution in [1.29, 1.82) is 0 Å². The van der Waals surface area contributed by atoms with Gasteiger partial charge in [0.2, 0.25) is 5.91 Å². The van der Waals surface area contributed by atoms with E-state index in [1.807, 2.05) is 18.4 Å². The maximum absolute atomic E-state index is 14.1. The monoisotopic (exact) mass is 437 g/mol. The second-order valence-corrected chi connectivity index (χ2v) is 8.50. The minimum atomic E-state index is -4.14.